The second-order valence-corrected chi connectivity index (χ2v) is 3.77. The Morgan fingerprint density at radius 3 is 2.75 bits per heavy atom. The van der Waals surface area contributed by atoms with Crippen LogP contribution in [0, 0.1) is 0 Å². The Balaban J connectivity index is 2.34. The van der Waals surface area contributed by atoms with E-state index in [9.17, 15) is 13.2 Å². The Kier molecular flexibility index (Phi) is 2.80. The minimum atomic E-state index is -4.33. The number of alkyl halides is 3. The quantitative estimate of drug-likeness (QED) is 0.849. The Bertz CT molecular complexity index is 385. The van der Waals surface area contributed by atoms with Crippen molar-refractivity contribution in [2.45, 2.75) is 18.5 Å². The first-order chi connectivity index (χ1) is 7.52. The van der Waals surface area contributed by atoms with Crippen molar-refractivity contribution in [3.8, 4) is 5.75 Å². The number of hydrogen-bond donors (Lipinski definition) is 1. The highest BCUT2D eigenvalue weighted by Crippen LogP contribution is 2.39. The summed E-state index contributed by atoms with van der Waals surface area (Å²) in [6.45, 7) is 0.293. The molecular weight excluding hydrogens is 221 g/mol. The molecule has 0 bridgehead atoms. The van der Waals surface area contributed by atoms with Gasteiger partial charge in [-0.15, -0.1) is 0 Å². The van der Waals surface area contributed by atoms with Crippen molar-refractivity contribution in [2.75, 3.05) is 13.2 Å². The lowest BCUT2D eigenvalue weighted by Crippen LogP contribution is -2.06. The van der Waals surface area contributed by atoms with Gasteiger partial charge < -0.3 is 9.84 Å². The predicted octanol–water partition coefficient (Wildman–Crippen LogP) is 2.56. The average Bonchev–Trinajstić information content (AvgIpc) is 2.60. The second-order valence-electron chi connectivity index (χ2n) is 3.77. The summed E-state index contributed by atoms with van der Waals surface area (Å²) in [5.41, 5.74) is -0.122. The van der Waals surface area contributed by atoms with E-state index in [1.807, 2.05) is 0 Å². The summed E-state index contributed by atoms with van der Waals surface area (Å²) >= 11 is 0. The van der Waals surface area contributed by atoms with Crippen LogP contribution in [0.1, 0.15) is 23.5 Å². The fraction of sp³-hybridized carbons (Fsp3) is 0.455. The number of aliphatic hydroxyl groups excluding tert-OH is 1. The normalized spacial score (nSPS) is 19.4. The Labute approximate surface area is 90.7 Å². The van der Waals surface area contributed by atoms with Crippen LogP contribution in [-0.4, -0.2) is 18.3 Å². The number of ether oxygens (including phenoxy) is 1. The zero-order valence-electron chi connectivity index (χ0n) is 8.42. The van der Waals surface area contributed by atoms with Crippen LogP contribution in [-0.2, 0) is 6.18 Å². The largest absolute Gasteiger partial charge is 0.493 e. The molecule has 0 amide bonds. The van der Waals surface area contributed by atoms with Gasteiger partial charge in [-0.3, -0.25) is 0 Å². The highest BCUT2D eigenvalue weighted by Gasteiger charge is 2.33. The van der Waals surface area contributed by atoms with Crippen molar-refractivity contribution in [1.29, 1.82) is 0 Å². The molecule has 0 spiro atoms. The molecular formula is C11H11F3O2. The van der Waals surface area contributed by atoms with Gasteiger partial charge in [-0.25, -0.2) is 0 Å². The first kappa shape index (κ1) is 11.3. The number of halogens is 3. The molecule has 0 saturated carbocycles. The lowest BCUT2D eigenvalue weighted by molar-refractivity contribution is -0.137. The van der Waals surface area contributed by atoms with E-state index in [4.69, 9.17) is 9.84 Å². The summed E-state index contributed by atoms with van der Waals surface area (Å²) in [6, 6.07) is 3.47. The molecule has 2 nitrogen and oxygen atoms in total. The molecule has 5 heteroatoms. The van der Waals surface area contributed by atoms with Gasteiger partial charge >= 0.3 is 6.18 Å². The van der Waals surface area contributed by atoms with E-state index in [0.29, 0.717) is 24.3 Å². The summed E-state index contributed by atoms with van der Waals surface area (Å²) in [6.07, 6.45) is -3.91. The smallest absolute Gasteiger partial charge is 0.416 e. The number of rotatable bonds is 2. The Hall–Kier alpha value is -1.23. The van der Waals surface area contributed by atoms with Gasteiger partial charge in [-0.1, -0.05) is 0 Å². The Morgan fingerprint density at radius 2 is 2.12 bits per heavy atom. The van der Waals surface area contributed by atoms with Crippen molar-refractivity contribution in [3.05, 3.63) is 29.3 Å². The SMILES string of the molecule is OCCC1COc2ccc(C(F)(F)F)cc21. The molecule has 1 aromatic carbocycles. The maximum atomic E-state index is 12.5. The van der Waals surface area contributed by atoms with Crippen molar-refractivity contribution in [1.82, 2.24) is 0 Å². The standard InChI is InChI=1S/C11H11F3O2/c12-11(13,14)8-1-2-10-9(5-8)7(3-4-15)6-16-10/h1-2,5,7,15H,3-4,6H2. The van der Waals surface area contributed by atoms with E-state index in [2.05, 4.69) is 0 Å². The van der Waals surface area contributed by atoms with E-state index in [0.717, 1.165) is 12.1 Å². The van der Waals surface area contributed by atoms with E-state index in [1.165, 1.54) is 6.07 Å². The lowest BCUT2D eigenvalue weighted by Gasteiger charge is -2.10. The molecule has 1 N–H and O–H groups in total. The van der Waals surface area contributed by atoms with Crippen LogP contribution < -0.4 is 4.74 Å². The molecule has 1 aromatic rings. The van der Waals surface area contributed by atoms with Crippen molar-refractivity contribution < 1.29 is 23.0 Å². The number of fused-ring (bicyclic) bond motifs is 1. The topological polar surface area (TPSA) is 29.5 Å². The molecule has 0 radical (unpaired) electrons. The molecule has 1 heterocycles. The molecule has 0 aromatic heterocycles. The molecule has 16 heavy (non-hydrogen) atoms. The molecule has 1 unspecified atom stereocenters. The van der Waals surface area contributed by atoms with E-state index in [-0.39, 0.29) is 12.5 Å². The summed E-state index contributed by atoms with van der Waals surface area (Å²) < 4.78 is 42.7. The van der Waals surface area contributed by atoms with Crippen LogP contribution in [0.15, 0.2) is 18.2 Å². The third kappa shape index (κ3) is 2.00. The van der Waals surface area contributed by atoms with Crippen LogP contribution in [0.5, 0.6) is 5.75 Å². The highest BCUT2D eigenvalue weighted by atomic mass is 19.4. The molecule has 0 aliphatic carbocycles. The minimum Gasteiger partial charge on any atom is -0.493 e. The second kappa shape index (κ2) is 3.97. The van der Waals surface area contributed by atoms with Gasteiger partial charge in [0.25, 0.3) is 0 Å². The first-order valence-corrected chi connectivity index (χ1v) is 4.97. The predicted molar refractivity (Wildman–Crippen MR) is 51.4 cm³/mol. The molecule has 0 saturated heterocycles. The number of aliphatic hydroxyl groups is 1. The lowest BCUT2D eigenvalue weighted by atomic mass is 9.96. The van der Waals surface area contributed by atoms with E-state index >= 15 is 0 Å². The van der Waals surface area contributed by atoms with Crippen LogP contribution in [0.2, 0.25) is 0 Å². The maximum absolute atomic E-state index is 12.5. The molecule has 1 atom stereocenters. The van der Waals surface area contributed by atoms with Gasteiger partial charge in [0, 0.05) is 18.1 Å². The number of benzene rings is 1. The van der Waals surface area contributed by atoms with Crippen molar-refractivity contribution in [3.63, 3.8) is 0 Å². The maximum Gasteiger partial charge on any atom is 0.416 e. The van der Waals surface area contributed by atoms with Crippen molar-refractivity contribution >= 4 is 0 Å². The van der Waals surface area contributed by atoms with E-state index in [1.54, 1.807) is 0 Å². The summed E-state index contributed by atoms with van der Waals surface area (Å²) in [5, 5.41) is 8.80. The average molecular weight is 232 g/mol. The minimum absolute atomic E-state index is 0.0519. The zero-order chi connectivity index (χ0) is 11.8. The van der Waals surface area contributed by atoms with E-state index < -0.39 is 11.7 Å². The van der Waals surface area contributed by atoms with Gasteiger partial charge in [-0.2, -0.15) is 13.2 Å². The van der Waals surface area contributed by atoms with Crippen LogP contribution in [0.3, 0.4) is 0 Å². The van der Waals surface area contributed by atoms with Crippen molar-refractivity contribution in [2.24, 2.45) is 0 Å². The van der Waals surface area contributed by atoms with Crippen LogP contribution in [0.25, 0.3) is 0 Å². The monoisotopic (exact) mass is 232 g/mol. The summed E-state index contributed by atoms with van der Waals surface area (Å²) in [7, 11) is 0. The first-order valence-electron chi connectivity index (χ1n) is 4.97. The molecule has 1 aliphatic heterocycles. The highest BCUT2D eigenvalue weighted by molar-refractivity contribution is 5.43. The number of hydrogen-bond acceptors (Lipinski definition) is 2. The fourth-order valence-corrected chi connectivity index (χ4v) is 1.85. The van der Waals surface area contributed by atoms with Crippen LogP contribution >= 0.6 is 0 Å². The third-order valence-electron chi connectivity index (χ3n) is 2.69. The summed E-state index contributed by atoms with van der Waals surface area (Å²) in [4.78, 5) is 0. The van der Waals surface area contributed by atoms with Gasteiger partial charge in [0.1, 0.15) is 5.75 Å². The Morgan fingerprint density at radius 1 is 1.38 bits per heavy atom. The molecule has 88 valence electrons. The molecule has 0 fully saturated rings. The summed E-state index contributed by atoms with van der Waals surface area (Å²) in [5.74, 6) is 0.355. The molecule has 1 aliphatic rings. The fourth-order valence-electron chi connectivity index (χ4n) is 1.85. The molecule has 2 rings (SSSR count). The van der Waals surface area contributed by atoms with Gasteiger partial charge in [0.2, 0.25) is 0 Å². The van der Waals surface area contributed by atoms with Crippen LogP contribution in [0.4, 0.5) is 13.2 Å². The zero-order valence-corrected chi connectivity index (χ0v) is 8.42. The van der Waals surface area contributed by atoms with Gasteiger partial charge in [-0.05, 0) is 24.6 Å². The van der Waals surface area contributed by atoms with Gasteiger partial charge in [0.05, 0.1) is 12.2 Å². The third-order valence-corrected chi connectivity index (χ3v) is 2.69. The van der Waals surface area contributed by atoms with Gasteiger partial charge in [0.15, 0.2) is 0 Å².